The Morgan fingerprint density at radius 1 is 0.658 bits per heavy atom. The van der Waals surface area contributed by atoms with Crippen LogP contribution < -0.4 is 4.74 Å². The standard InChI is InChI=1S/C25H35F5O8/c1-3-5-6-17(4-2)25(32)37-16-15-36-14-13-35-12-11-34-10-9-33-8-7-18(31)38-24-22(29)20(27)19(26)21(28)23(24)30/h17H,3-16H2,1-2H3. The fraction of sp³-hybridized carbons (Fsp3) is 0.680. The second-order valence-electron chi connectivity index (χ2n) is 7.99. The van der Waals surface area contributed by atoms with E-state index in [9.17, 15) is 31.5 Å². The van der Waals surface area contributed by atoms with Gasteiger partial charge in [0, 0.05) is 0 Å². The van der Waals surface area contributed by atoms with Gasteiger partial charge in [0.1, 0.15) is 6.61 Å². The molecule has 0 spiro atoms. The first kappa shape index (κ1) is 33.7. The van der Waals surface area contributed by atoms with Crippen LogP contribution in [0.2, 0.25) is 0 Å². The number of hydrogen-bond donors (Lipinski definition) is 0. The molecule has 0 fully saturated rings. The van der Waals surface area contributed by atoms with Crippen molar-refractivity contribution in [3.05, 3.63) is 29.1 Å². The second kappa shape index (κ2) is 19.7. The van der Waals surface area contributed by atoms with Crippen LogP contribution in [0.1, 0.15) is 46.0 Å². The van der Waals surface area contributed by atoms with Gasteiger partial charge in [0.2, 0.25) is 34.8 Å². The number of esters is 2. The Labute approximate surface area is 218 Å². The lowest BCUT2D eigenvalue weighted by atomic mass is 10.00. The molecule has 218 valence electrons. The van der Waals surface area contributed by atoms with Crippen LogP contribution in [0.25, 0.3) is 0 Å². The number of halogens is 5. The van der Waals surface area contributed by atoms with Crippen LogP contribution in [0.5, 0.6) is 5.75 Å². The van der Waals surface area contributed by atoms with Crippen LogP contribution in [-0.2, 0) is 33.3 Å². The minimum absolute atomic E-state index is 0.0656. The first-order chi connectivity index (χ1) is 18.2. The molecular weight excluding hydrogens is 523 g/mol. The maximum absolute atomic E-state index is 13.5. The van der Waals surface area contributed by atoms with Crippen molar-refractivity contribution in [2.45, 2.75) is 46.0 Å². The lowest BCUT2D eigenvalue weighted by molar-refractivity contribution is -0.150. The summed E-state index contributed by atoms with van der Waals surface area (Å²) in [7, 11) is 0. The van der Waals surface area contributed by atoms with E-state index in [2.05, 4.69) is 11.7 Å². The third-order valence-electron chi connectivity index (χ3n) is 5.16. The SMILES string of the molecule is CCCCC(CC)C(=O)OCCOCCOCCOCCOCCC(=O)Oc1c(F)c(F)c(F)c(F)c1F. The van der Waals surface area contributed by atoms with Gasteiger partial charge in [-0.15, -0.1) is 0 Å². The molecule has 0 aliphatic rings. The van der Waals surface area contributed by atoms with Gasteiger partial charge in [-0.2, -0.15) is 8.78 Å². The molecule has 0 saturated carbocycles. The van der Waals surface area contributed by atoms with Gasteiger partial charge in [0.05, 0.1) is 65.2 Å². The van der Waals surface area contributed by atoms with E-state index >= 15 is 0 Å². The normalized spacial score (nSPS) is 12.0. The molecule has 0 saturated heterocycles. The van der Waals surface area contributed by atoms with Gasteiger partial charge in [-0.1, -0.05) is 26.7 Å². The van der Waals surface area contributed by atoms with Gasteiger partial charge in [-0.25, -0.2) is 13.2 Å². The number of carbonyl (C=O) groups excluding carboxylic acids is 2. The monoisotopic (exact) mass is 558 g/mol. The highest BCUT2D eigenvalue weighted by Crippen LogP contribution is 2.29. The molecule has 0 amide bonds. The molecule has 8 nitrogen and oxygen atoms in total. The Hall–Kier alpha value is -2.35. The molecule has 13 heteroatoms. The van der Waals surface area contributed by atoms with E-state index in [0.717, 1.165) is 25.7 Å². The lowest BCUT2D eigenvalue weighted by Gasteiger charge is -2.13. The molecule has 38 heavy (non-hydrogen) atoms. The smallest absolute Gasteiger partial charge is 0.313 e. The number of unbranched alkanes of at least 4 members (excludes halogenated alkanes) is 1. The quantitative estimate of drug-likeness (QED) is 0.0544. The van der Waals surface area contributed by atoms with Crippen molar-refractivity contribution in [3.63, 3.8) is 0 Å². The first-order valence-electron chi connectivity index (χ1n) is 12.4. The summed E-state index contributed by atoms with van der Waals surface area (Å²) in [6.07, 6.45) is 3.13. The maximum atomic E-state index is 13.5. The molecule has 0 radical (unpaired) electrons. The highest BCUT2D eigenvalue weighted by Gasteiger charge is 2.28. The second-order valence-corrected chi connectivity index (χ2v) is 7.99. The van der Waals surface area contributed by atoms with Crippen molar-refractivity contribution >= 4 is 11.9 Å². The van der Waals surface area contributed by atoms with Crippen molar-refractivity contribution < 1.29 is 60.0 Å². The Kier molecular flexibility index (Phi) is 17.4. The summed E-state index contributed by atoms with van der Waals surface area (Å²) in [6, 6.07) is 0. The van der Waals surface area contributed by atoms with Gasteiger partial charge >= 0.3 is 11.9 Å². The van der Waals surface area contributed by atoms with E-state index < -0.39 is 47.2 Å². The number of benzene rings is 1. The van der Waals surface area contributed by atoms with Gasteiger partial charge in [-0.3, -0.25) is 9.59 Å². The van der Waals surface area contributed by atoms with E-state index in [1.807, 2.05) is 6.92 Å². The molecule has 1 unspecified atom stereocenters. The van der Waals surface area contributed by atoms with Crippen LogP contribution in [0.4, 0.5) is 22.0 Å². The zero-order chi connectivity index (χ0) is 28.3. The molecule has 0 bridgehead atoms. The average Bonchev–Trinajstić information content (AvgIpc) is 2.91. The Bertz CT molecular complexity index is 827. The van der Waals surface area contributed by atoms with Crippen LogP contribution in [0.15, 0.2) is 0 Å². The Morgan fingerprint density at radius 3 is 1.58 bits per heavy atom. The van der Waals surface area contributed by atoms with E-state index in [0.29, 0.717) is 19.8 Å². The molecule has 0 aromatic heterocycles. The van der Waals surface area contributed by atoms with Gasteiger partial charge in [0.25, 0.3) is 0 Å². The number of carbonyl (C=O) groups is 2. The third-order valence-corrected chi connectivity index (χ3v) is 5.16. The van der Waals surface area contributed by atoms with Crippen molar-refractivity contribution in [1.82, 2.24) is 0 Å². The Morgan fingerprint density at radius 2 is 1.11 bits per heavy atom. The van der Waals surface area contributed by atoms with Crippen molar-refractivity contribution in [1.29, 1.82) is 0 Å². The third kappa shape index (κ3) is 12.5. The van der Waals surface area contributed by atoms with E-state index in [1.165, 1.54) is 0 Å². The summed E-state index contributed by atoms with van der Waals surface area (Å²) in [5, 5.41) is 0. The number of rotatable bonds is 21. The van der Waals surface area contributed by atoms with Crippen molar-refractivity contribution in [2.75, 3.05) is 59.5 Å². The average molecular weight is 559 g/mol. The summed E-state index contributed by atoms with van der Waals surface area (Å²) in [5.74, 6) is -14.4. The Balaban J connectivity index is 1.98. The lowest BCUT2D eigenvalue weighted by Crippen LogP contribution is -2.20. The zero-order valence-electron chi connectivity index (χ0n) is 21.6. The minimum atomic E-state index is -2.35. The van der Waals surface area contributed by atoms with Crippen molar-refractivity contribution in [2.24, 2.45) is 5.92 Å². The van der Waals surface area contributed by atoms with E-state index in [-0.39, 0.29) is 51.5 Å². The maximum Gasteiger partial charge on any atom is 0.313 e. The summed E-state index contributed by atoms with van der Waals surface area (Å²) < 4.78 is 96.6. The minimum Gasteiger partial charge on any atom is -0.463 e. The predicted molar refractivity (Wildman–Crippen MR) is 124 cm³/mol. The van der Waals surface area contributed by atoms with Crippen molar-refractivity contribution in [3.8, 4) is 5.75 Å². The molecule has 1 aromatic carbocycles. The number of hydrogen-bond acceptors (Lipinski definition) is 8. The van der Waals surface area contributed by atoms with Gasteiger partial charge in [0.15, 0.2) is 0 Å². The molecule has 0 heterocycles. The molecule has 0 aliphatic heterocycles. The van der Waals surface area contributed by atoms with Crippen LogP contribution in [-0.4, -0.2) is 71.4 Å². The van der Waals surface area contributed by atoms with Crippen LogP contribution in [0.3, 0.4) is 0 Å². The fourth-order valence-corrected chi connectivity index (χ4v) is 3.01. The van der Waals surface area contributed by atoms with Gasteiger partial charge < -0.3 is 28.4 Å². The van der Waals surface area contributed by atoms with Gasteiger partial charge in [-0.05, 0) is 12.8 Å². The van der Waals surface area contributed by atoms with Crippen LogP contribution >= 0.6 is 0 Å². The zero-order valence-corrected chi connectivity index (χ0v) is 21.6. The summed E-state index contributed by atoms with van der Waals surface area (Å²) in [4.78, 5) is 23.5. The first-order valence-corrected chi connectivity index (χ1v) is 12.4. The predicted octanol–water partition coefficient (Wildman–Crippen LogP) is 4.50. The van der Waals surface area contributed by atoms with E-state index in [1.54, 1.807) is 0 Å². The molecule has 0 aliphatic carbocycles. The molecule has 1 atom stereocenters. The molecular formula is C25H35F5O8. The highest BCUT2D eigenvalue weighted by atomic mass is 19.2. The van der Waals surface area contributed by atoms with Crippen LogP contribution in [0, 0.1) is 35.0 Å². The molecule has 1 aromatic rings. The molecule has 0 N–H and O–H groups in total. The molecule has 1 rings (SSSR count). The van der Waals surface area contributed by atoms with E-state index in [4.69, 9.17) is 23.7 Å². The number of ether oxygens (including phenoxy) is 6. The topological polar surface area (TPSA) is 89.5 Å². The largest absolute Gasteiger partial charge is 0.463 e. The highest BCUT2D eigenvalue weighted by molar-refractivity contribution is 5.72. The summed E-state index contributed by atoms with van der Waals surface area (Å²) >= 11 is 0. The fourth-order valence-electron chi connectivity index (χ4n) is 3.01. The summed E-state index contributed by atoms with van der Waals surface area (Å²) in [6.45, 7) is 5.74. The summed E-state index contributed by atoms with van der Waals surface area (Å²) in [5.41, 5.74) is 0.